The van der Waals surface area contributed by atoms with E-state index < -0.39 is 21.8 Å². The summed E-state index contributed by atoms with van der Waals surface area (Å²) in [5.41, 5.74) is 6.73. The van der Waals surface area contributed by atoms with Gasteiger partial charge in [0.25, 0.3) is 0 Å². The molecule has 3 N–H and O–H groups in total. The van der Waals surface area contributed by atoms with Crippen molar-refractivity contribution in [3.63, 3.8) is 0 Å². The largest absolute Gasteiger partial charge is 0.428 e. The van der Waals surface area contributed by atoms with Crippen LogP contribution in [0.2, 0.25) is 5.02 Å². The van der Waals surface area contributed by atoms with E-state index in [-0.39, 0.29) is 35.8 Å². The maximum atomic E-state index is 12.8. The van der Waals surface area contributed by atoms with Crippen LogP contribution in [0.25, 0.3) is 0 Å². The summed E-state index contributed by atoms with van der Waals surface area (Å²) >= 11 is 6.04. The number of nitrogens with two attached hydrogens (primary N) is 1. The van der Waals surface area contributed by atoms with Gasteiger partial charge < -0.3 is 4.74 Å². The number of sulfonamides is 1. The smallest absolute Gasteiger partial charge is 0.413 e. The van der Waals surface area contributed by atoms with Gasteiger partial charge in [0.05, 0.1) is 5.02 Å². The molecule has 2 aromatic carbocycles. The van der Waals surface area contributed by atoms with Crippen molar-refractivity contribution in [2.24, 2.45) is 5.73 Å². The number of piperidine rings is 1. The van der Waals surface area contributed by atoms with E-state index in [1.165, 1.54) is 16.4 Å². The fourth-order valence-corrected chi connectivity index (χ4v) is 5.09. The van der Waals surface area contributed by atoms with Gasteiger partial charge in [-0.25, -0.2) is 13.2 Å². The van der Waals surface area contributed by atoms with Gasteiger partial charge in [-0.1, -0.05) is 42.8 Å². The molecular formula is C20H24ClN3O4S. The zero-order valence-corrected chi connectivity index (χ0v) is 17.7. The first kappa shape index (κ1) is 21.6. The van der Waals surface area contributed by atoms with Crippen molar-refractivity contribution in [3.05, 3.63) is 59.1 Å². The summed E-state index contributed by atoms with van der Waals surface area (Å²) < 4.78 is 32.4. The molecule has 29 heavy (non-hydrogen) atoms. The highest BCUT2D eigenvalue weighted by Gasteiger charge is 2.39. The Kier molecular flexibility index (Phi) is 6.48. The number of ether oxygens (including phenoxy) is 1. The van der Waals surface area contributed by atoms with Crippen LogP contribution in [0, 0.1) is 0 Å². The number of hydrogen-bond donors (Lipinski definition) is 2. The molecule has 2 aromatic rings. The summed E-state index contributed by atoms with van der Waals surface area (Å²) in [6, 6.07) is 13.7. The van der Waals surface area contributed by atoms with E-state index in [2.05, 4.69) is 5.32 Å². The van der Waals surface area contributed by atoms with E-state index in [1.54, 1.807) is 24.3 Å². The average molecular weight is 438 g/mol. The van der Waals surface area contributed by atoms with Crippen molar-refractivity contribution in [1.29, 1.82) is 0 Å². The van der Waals surface area contributed by atoms with Crippen LogP contribution < -0.4 is 11.1 Å². The summed E-state index contributed by atoms with van der Waals surface area (Å²) in [5, 5.41) is 2.82. The molecule has 0 spiro atoms. The molecule has 3 rings (SSSR count). The Morgan fingerprint density at radius 3 is 2.38 bits per heavy atom. The lowest BCUT2D eigenvalue weighted by Gasteiger charge is -2.37. The van der Waals surface area contributed by atoms with Gasteiger partial charge in [0.2, 0.25) is 10.0 Å². The molecule has 0 unspecified atom stereocenters. The normalized spacial score (nSPS) is 16.9. The molecule has 1 fully saturated rings. The van der Waals surface area contributed by atoms with Crippen LogP contribution in [0.15, 0.2) is 53.4 Å². The predicted molar refractivity (Wildman–Crippen MR) is 112 cm³/mol. The number of nitrogens with zero attached hydrogens (tertiary/aromatic N) is 1. The molecule has 0 radical (unpaired) electrons. The van der Waals surface area contributed by atoms with Gasteiger partial charge in [-0.2, -0.15) is 4.31 Å². The Morgan fingerprint density at radius 2 is 1.79 bits per heavy atom. The minimum Gasteiger partial charge on any atom is -0.428 e. The lowest BCUT2D eigenvalue weighted by Crippen LogP contribution is -2.54. The molecule has 1 aliphatic rings. The van der Waals surface area contributed by atoms with Crippen molar-refractivity contribution in [2.75, 3.05) is 18.4 Å². The van der Waals surface area contributed by atoms with Gasteiger partial charge in [0.1, 0.15) is 4.90 Å². The van der Waals surface area contributed by atoms with Crippen molar-refractivity contribution in [3.8, 4) is 0 Å². The molecule has 0 bridgehead atoms. The number of carbonyl (C=O) groups excluding carboxylic acids is 1. The van der Waals surface area contributed by atoms with Gasteiger partial charge in [0.15, 0.2) is 5.72 Å². The molecule has 7 nitrogen and oxygen atoms in total. The Labute approximate surface area is 175 Å². The second-order valence-corrected chi connectivity index (χ2v) is 9.28. The zero-order chi connectivity index (χ0) is 21.1. The summed E-state index contributed by atoms with van der Waals surface area (Å²) in [6.45, 7) is 2.30. The van der Waals surface area contributed by atoms with E-state index in [0.717, 1.165) is 12.0 Å². The summed E-state index contributed by atoms with van der Waals surface area (Å²) in [7, 11) is -3.74. The number of nitrogens with one attached hydrogen (secondary N) is 1. The minimum absolute atomic E-state index is 0.0559. The second-order valence-electron chi connectivity index (χ2n) is 6.96. The molecule has 1 amide bonds. The second kappa shape index (κ2) is 8.71. The van der Waals surface area contributed by atoms with Crippen molar-refractivity contribution in [1.82, 2.24) is 4.31 Å². The van der Waals surface area contributed by atoms with Crippen LogP contribution in [-0.2, 0) is 21.2 Å². The first-order chi connectivity index (χ1) is 13.7. The standard InChI is InChI=1S/C20H24ClN3O4S/c1-2-15-7-9-16(10-8-15)23-19(25)28-20(22)11-13-24(14-12-20)29(26,27)18-6-4-3-5-17(18)21/h3-10H,2,11-14,22H2,1H3,(H,23,25). The van der Waals surface area contributed by atoms with E-state index in [1.807, 2.05) is 19.1 Å². The quantitative estimate of drug-likeness (QED) is 0.696. The number of amides is 1. The van der Waals surface area contributed by atoms with Gasteiger partial charge in [-0.3, -0.25) is 11.1 Å². The molecule has 0 aliphatic carbocycles. The maximum Gasteiger partial charge on any atom is 0.413 e. The monoisotopic (exact) mass is 437 g/mol. The molecule has 1 aliphatic heterocycles. The predicted octanol–water partition coefficient (Wildman–Crippen LogP) is 3.59. The Balaban J connectivity index is 1.60. The highest BCUT2D eigenvalue weighted by molar-refractivity contribution is 7.89. The Hall–Kier alpha value is -2.13. The number of hydrogen-bond acceptors (Lipinski definition) is 5. The SMILES string of the molecule is CCc1ccc(NC(=O)OC2(N)CCN(S(=O)(=O)c3ccccc3Cl)CC2)cc1. The van der Waals surface area contributed by atoms with E-state index >= 15 is 0 Å². The third-order valence-electron chi connectivity index (χ3n) is 4.93. The van der Waals surface area contributed by atoms with Crippen molar-refractivity contribution < 1.29 is 17.9 Å². The van der Waals surface area contributed by atoms with Crippen LogP contribution in [0.1, 0.15) is 25.3 Å². The number of halogens is 1. The van der Waals surface area contributed by atoms with Gasteiger partial charge in [-0.05, 0) is 36.2 Å². The lowest BCUT2D eigenvalue weighted by atomic mass is 10.0. The van der Waals surface area contributed by atoms with Crippen LogP contribution >= 0.6 is 11.6 Å². The molecule has 156 valence electrons. The number of anilines is 1. The third kappa shape index (κ3) is 5.08. The van der Waals surface area contributed by atoms with E-state index in [0.29, 0.717) is 5.69 Å². The summed E-state index contributed by atoms with van der Waals surface area (Å²) in [5.74, 6) is 0. The fraction of sp³-hybridized carbons (Fsp3) is 0.350. The van der Waals surface area contributed by atoms with Crippen molar-refractivity contribution >= 4 is 33.4 Å². The fourth-order valence-electron chi connectivity index (χ4n) is 3.15. The Bertz CT molecular complexity index is 971. The first-order valence-electron chi connectivity index (χ1n) is 9.36. The number of aryl methyl sites for hydroxylation is 1. The van der Waals surface area contributed by atoms with Gasteiger partial charge in [0, 0.05) is 31.6 Å². The molecular weight excluding hydrogens is 414 g/mol. The maximum absolute atomic E-state index is 12.8. The van der Waals surface area contributed by atoms with Gasteiger partial charge >= 0.3 is 6.09 Å². The summed E-state index contributed by atoms with van der Waals surface area (Å²) in [6.07, 6.45) is 0.598. The van der Waals surface area contributed by atoms with E-state index in [9.17, 15) is 13.2 Å². The molecule has 9 heteroatoms. The molecule has 1 heterocycles. The topological polar surface area (TPSA) is 102 Å². The zero-order valence-electron chi connectivity index (χ0n) is 16.1. The highest BCUT2D eigenvalue weighted by atomic mass is 35.5. The average Bonchev–Trinajstić information content (AvgIpc) is 2.68. The molecule has 0 atom stereocenters. The number of benzene rings is 2. The molecule has 0 aromatic heterocycles. The van der Waals surface area contributed by atoms with E-state index in [4.69, 9.17) is 22.1 Å². The van der Waals surface area contributed by atoms with Crippen molar-refractivity contribution in [2.45, 2.75) is 36.8 Å². The van der Waals surface area contributed by atoms with Gasteiger partial charge in [-0.15, -0.1) is 0 Å². The minimum atomic E-state index is -3.74. The lowest BCUT2D eigenvalue weighted by molar-refractivity contribution is -0.0116. The first-order valence-corrected chi connectivity index (χ1v) is 11.2. The number of carbonyl (C=O) groups is 1. The molecule has 1 saturated heterocycles. The summed E-state index contributed by atoms with van der Waals surface area (Å²) in [4.78, 5) is 12.3. The number of rotatable bonds is 5. The van der Waals surface area contributed by atoms with Crippen LogP contribution in [0.3, 0.4) is 0 Å². The van der Waals surface area contributed by atoms with Crippen LogP contribution in [-0.4, -0.2) is 37.6 Å². The Morgan fingerprint density at radius 1 is 1.17 bits per heavy atom. The highest BCUT2D eigenvalue weighted by Crippen LogP contribution is 2.29. The third-order valence-corrected chi connectivity index (χ3v) is 7.33. The van der Waals surface area contributed by atoms with Crippen LogP contribution in [0.5, 0.6) is 0 Å². The van der Waals surface area contributed by atoms with Crippen LogP contribution in [0.4, 0.5) is 10.5 Å². The molecule has 0 saturated carbocycles.